The van der Waals surface area contributed by atoms with Gasteiger partial charge >= 0.3 is 0 Å². The van der Waals surface area contributed by atoms with Gasteiger partial charge in [-0.25, -0.2) is 4.98 Å². The number of fused-ring (bicyclic) bond motifs is 1. The Hall–Kier alpha value is -2.06. The van der Waals surface area contributed by atoms with E-state index in [2.05, 4.69) is 21.4 Å². The minimum absolute atomic E-state index is 0.0161. The molecule has 3 heterocycles. The van der Waals surface area contributed by atoms with E-state index in [1.807, 2.05) is 38.3 Å². The summed E-state index contributed by atoms with van der Waals surface area (Å²) in [5.41, 5.74) is 2.00. The van der Waals surface area contributed by atoms with Gasteiger partial charge in [-0.15, -0.1) is 11.3 Å². The highest BCUT2D eigenvalue weighted by Gasteiger charge is 2.17. The van der Waals surface area contributed by atoms with Gasteiger partial charge in [0.1, 0.15) is 5.52 Å². The number of carbonyl (C=O) groups excluding carboxylic acids is 1. The van der Waals surface area contributed by atoms with Crippen LogP contribution in [0.1, 0.15) is 36.9 Å². The van der Waals surface area contributed by atoms with Crippen LogP contribution in [0.4, 0.5) is 0 Å². The second-order valence-corrected chi connectivity index (χ2v) is 8.48. The fraction of sp³-hybridized carbons (Fsp3) is 0.421. The molecule has 0 aliphatic heterocycles. The Labute approximate surface area is 166 Å². The Morgan fingerprint density at radius 1 is 1.48 bits per heavy atom. The molecule has 27 heavy (non-hydrogen) atoms. The molecule has 0 aromatic carbocycles. The van der Waals surface area contributed by atoms with E-state index in [9.17, 15) is 9.59 Å². The normalized spacial score (nSPS) is 12.4. The number of aromatic amines is 1. The largest absolute Gasteiger partial charge is 0.355 e. The summed E-state index contributed by atoms with van der Waals surface area (Å²) in [5.74, 6) is 0.189. The Morgan fingerprint density at radius 3 is 3.00 bits per heavy atom. The molecule has 0 fully saturated rings. The quantitative estimate of drug-likeness (QED) is 0.445. The first-order chi connectivity index (χ1) is 13.0. The smallest absolute Gasteiger partial charge is 0.278 e. The summed E-state index contributed by atoms with van der Waals surface area (Å²) in [7, 11) is 0. The first-order valence-corrected chi connectivity index (χ1v) is 10.9. The van der Waals surface area contributed by atoms with Gasteiger partial charge in [-0.3, -0.25) is 14.2 Å². The molecule has 0 aliphatic rings. The van der Waals surface area contributed by atoms with Crippen molar-refractivity contribution in [3.05, 3.63) is 44.5 Å². The van der Waals surface area contributed by atoms with Crippen molar-refractivity contribution < 1.29 is 4.79 Å². The molecular formula is C19H24N4O2S2. The van der Waals surface area contributed by atoms with E-state index in [1.54, 1.807) is 15.9 Å². The fourth-order valence-corrected chi connectivity index (χ4v) is 4.46. The van der Waals surface area contributed by atoms with Gasteiger partial charge in [-0.1, -0.05) is 24.8 Å². The van der Waals surface area contributed by atoms with Crippen molar-refractivity contribution in [3.8, 4) is 0 Å². The van der Waals surface area contributed by atoms with Gasteiger partial charge in [0.05, 0.1) is 11.3 Å². The third-order valence-electron chi connectivity index (χ3n) is 4.42. The zero-order valence-corrected chi connectivity index (χ0v) is 17.4. The Kier molecular flexibility index (Phi) is 6.38. The standard InChI is InChI=1S/C19H24N4O2S2/c1-4-13(3)23-18(25)17-15(10-12(2)21-17)22-19(23)27-11-16(24)20-8-7-14-6-5-9-26-14/h5-6,9-10,13,21H,4,7-8,11H2,1-3H3,(H,20,24). The van der Waals surface area contributed by atoms with Crippen molar-refractivity contribution in [1.29, 1.82) is 0 Å². The third kappa shape index (κ3) is 4.62. The summed E-state index contributed by atoms with van der Waals surface area (Å²) < 4.78 is 1.70. The topological polar surface area (TPSA) is 79.8 Å². The zero-order chi connectivity index (χ0) is 19.4. The van der Waals surface area contributed by atoms with E-state index < -0.39 is 0 Å². The predicted octanol–water partition coefficient (Wildman–Crippen LogP) is 3.52. The van der Waals surface area contributed by atoms with Crippen LogP contribution in [0.3, 0.4) is 0 Å². The molecule has 0 bridgehead atoms. The van der Waals surface area contributed by atoms with Gasteiger partial charge in [0.2, 0.25) is 5.91 Å². The van der Waals surface area contributed by atoms with Crippen LogP contribution in [-0.2, 0) is 11.2 Å². The number of amides is 1. The average molecular weight is 405 g/mol. The van der Waals surface area contributed by atoms with Crippen LogP contribution >= 0.6 is 23.1 Å². The monoisotopic (exact) mass is 404 g/mol. The molecule has 0 saturated carbocycles. The van der Waals surface area contributed by atoms with E-state index in [4.69, 9.17) is 0 Å². The maximum Gasteiger partial charge on any atom is 0.278 e. The minimum Gasteiger partial charge on any atom is -0.355 e. The van der Waals surface area contributed by atoms with Crippen LogP contribution < -0.4 is 10.9 Å². The van der Waals surface area contributed by atoms with Crippen molar-refractivity contribution >= 4 is 40.0 Å². The van der Waals surface area contributed by atoms with Gasteiger partial charge in [-0.05, 0) is 44.2 Å². The highest BCUT2D eigenvalue weighted by molar-refractivity contribution is 7.99. The van der Waals surface area contributed by atoms with Crippen molar-refractivity contribution in [1.82, 2.24) is 19.9 Å². The predicted molar refractivity (Wildman–Crippen MR) is 112 cm³/mol. The maximum absolute atomic E-state index is 12.9. The lowest BCUT2D eigenvalue weighted by molar-refractivity contribution is -0.118. The molecule has 6 nitrogen and oxygen atoms in total. The Morgan fingerprint density at radius 2 is 2.30 bits per heavy atom. The molecule has 1 amide bonds. The second kappa shape index (κ2) is 8.75. The summed E-state index contributed by atoms with van der Waals surface area (Å²) in [6, 6.07) is 5.95. The van der Waals surface area contributed by atoms with Crippen molar-refractivity contribution in [2.45, 2.75) is 44.8 Å². The summed E-state index contributed by atoms with van der Waals surface area (Å²) in [6.45, 7) is 6.55. The van der Waals surface area contributed by atoms with Crippen molar-refractivity contribution in [2.24, 2.45) is 0 Å². The van der Waals surface area contributed by atoms with Gasteiger partial charge in [-0.2, -0.15) is 0 Å². The lowest BCUT2D eigenvalue weighted by Gasteiger charge is -2.17. The van der Waals surface area contributed by atoms with Gasteiger partial charge in [0.25, 0.3) is 5.56 Å². The molecule has 0 radical (unpaired) electrons. The number of H-pyrrole nitrogens is 1. The lowest BCUT2D eigenvalue weighted by atomic mass is 10.2. The molecule has 3 aromatic rings. The zero-order valence-electron chi connectivity index (χ0n) is 15.7. The van der Waals surface area contributed by atoms with Crippen LogP contribution in [0.2, 0.25) is 0 Å². The number of hydrogen-bond donors (Lipinski definition) is 2. The van der Waals surface area contributed by atoms with E-state index in [1.165, 1.54) is 16.6 Å². The summed E-state index contributed by atoms with van der Waals surface area (Å²) in [6.07, 6.45) is 1.64. The first kappa shape index (κ1) is 19.7. The number of thioether (sulfide) groups is 1. The minimum atomic E-state index is -0.0805. The average Bonchev–Trinajstić information content (AvgIpc) is 3.28. The number of rotatable bonds is 8. The van der Waals surface area contributed by atoms with Crippen LogP contribution in [0.5, 0.6) is 0 Å². The number of nitrogens with one attached hydrogen (secondary N) is 2. The molecule has 3 aromatic heterocycles. The number of hydrogen-bond acceptors (Lipinski definition) is 5. The number of aromatic nitrogens is 3. The molecule has 8 heteroatoms. The molecule has 0 aliphatic carbocycles. The van der Waals surface area contributed by atoms with Crippen LogP contribution in [0.25, 0.3) is 11.0 Å². The van der Waals surface area contributed by atoms with Crippen LogP contribution in [0.15, 0.2) is 33.5 Å². The molecule has 0 spiro atoms. The van der Waals surface area contributed by atoms with Gasteiger partial charge in [0, 0.05) is 23.2 Å². The van der Waals surface area contributed by atoms with Crippen LogP contribution in [-0.4, -0.2) is 32.7 Å². The molecule has 2 N–H and O–H groups in total. The molecule has 1 unspecified atom stereocenters. The molecule has 144 valence electrons. The second-order valence-electron chi connectivity index (χ2n) is 6.51. The summed E-state index contributed by atoms with van der Waals surface area (Å²) >= 11 is 3.00. The number of carbonyl (C=O) groups is 1. The maximum atomic E-state index is 12.9. The molecular weight excluding hydrogens is 380 g/mol. The van der Waals surface area contributed by atoms with E-state index in [0.29, 0.717) is 22.7 Å². The Bertz CT molecular complexity index is 976. The SMILES string of the molecule is CCC(C)n1c(SCC(=O)NCCc2cccs2)nc2cc(C)[nH]c2c1=O. The van der Waals surface area contributed by atoms with Crippen LogP contribution in [0, 0.1) is 6.92 Å². The van der Waals surface area contributed by atoms with Gasteiger partial charge < -0.3 is 10.3 Å². The van der Waals surface area contributed by atoms with E-state index >= 15 is 0 Å². The highest BCUT2D eigenvalue weighted by Crippen LogP contribution is 2.22. The van der Waals surface area contributed by atoms with Crippen molar-refractivity contribution in [2.75, 3.05) is 12.3 Å². The van der Waals surface area contributed by atoms with Gasteiger partial charge in [0.15, 0.2) is 5.16 Å². The number of nitrogens with zero attached hydrogens (tertiary/aromatic N) is 2. The lowest BCUT2D eigenvalue weighted by Crippen LogP contribution is -2.29. The number of thiophene rings is 1. The van der Waals surface area contributed by atoms with E-state index in [0.717, 1.165) is 18.5 Å². The fourth-order valence-electron chi connectivity index (χ4n) is 2.82. The molecule has 3 rings (SSSR count). The highest BCUT2D eigenvalue weighted by atomic mass is 32.2. The summed E-state index contributed by atoms with van der Waals surface area (Å²) in [4.78, 5) is 34.1. The Balaban J connectivity index is 1.71. The molecule has 1 atom stereocenters. The number of aryl methyl sites for hydroxylation is 1. The molecule has 0 saturated heterocycles. The third-order valence-corrected chi connectivity index (χ3v) is 6.31. The van der Waals surface area contributed by atoms with E-state index in [-0.39, 0.29) is 23.3 Å². The van der Waals surface area contributed by atoms with Crippen molar-refractivity contribution in [3.63, 3.8) is 0 Å². The summed E-state index contributed by atoms with van der Waals surface area (Å²) in [5, 5.41) is 5.56. The first-order valence-electron chi connectivity index (χ1n) is 9.03.